The third-order valence-electron chi connectivity index (χ3n) is 4.08. The summed E-state index contributed by atoms with van der Waals surface area (Å²) in [4.78, 5) is 25.8. The van der Waals surface area contributed by atoms with Crippen molar-refractivity contribution in [3.63, 3.8) is 0 Å². The lowest BCUT2D eigenvalue weighted by molar-refractivity contribution is -0.126. The maximum absolute atomic E-state index is 12.0. The molecule has 2 unspecified atom stereocenters. The van der Waals surface area contributed by atoms with Crippen molar-refractivity contribution in [3.05, 3.63) is 0 Å². The number of carbonyl (C=O) groups is 2. The van der Waals surface area contributed by atoms with Crippen molar-refractivity contribution in [1.82, 2.24) is 15.5 Å². The average molecular weight is 371 g/mol. The number of amides is 2. The number of rotatable bonds is 7. The van der Waals surface area contributed by atoms with Crippen molar-refractivity contribution in [2.75, 3.05) is 26.2 Å². The largest absolute Gasteiger partial charge is 0.355 e. The van der Waals surface area contributed by atoms with Crippen LogP contribution in [0, 0.1) is 5.92 Å². The molecule has 1 heterocycles. The van der Waals surface area contributed by atoms with Crippen LogP contribution in [0.2, 0.25) is 0 Å². The first-order valence-electron chi connectivity index (χ1n) is 7.99. The molecular formula is C15H32Cl2N4O2. The molecule has 0 bridgehead atoms. The summed E-state index contributed by atoms with van der Waals surface area (Å²) in [7, 11) is 0. The van der Waals surface area contributed by atoms with E-state index in [2.05, 4.69) is 15.5 Å². The summed E-state index contributed by atoms with van der Waals surface area (Å²) in [5.74, 6) is -0.0445. The lowest BCUT2D eigenvalue weighted by Crippen LogP contribution is -2.49. The number of hydrogen-bond acceptors (Lipinski definition) is 4. The second kappa shape index (κ2) is 12.8. The third-order valence-corrected chi connectivity index (χ3v) is 4.08. The second-order valence-electron chi connectivity index (χ2n) is 6.06. The fourth-order valence-electron chi connectivity index (χ4n) is 2.33. The van der Waals surface area contributed by atoms with Gasteiger partial charge in [-0.2, -0.15) is 0 Å². The predicted octanol–water partition coefficient (Wildman–Crippen LogP) is 0.920. The Hall–Kier alpha value is -0.560. The number of carbonyl (C=O) groups excluding carboxylic acids is 2. The van der Waals surface area contributed by atoms with Crippen LogP contribution in [-0.2, 0) is 9.59 Å². The Bertz CT molecular complexity index is 348. The van der Waals surface area contributed by atoms with Gasteiger partial charge in [0.2, 0.25) is 11.8 Å². The van der Waals surface area contributed by atoms with Gasteiger partial charge in [0.25, 0.3) is 0 Å². The van der Waals surface area contributed by atoms with Gasteiger partial charge in [0.05, 0.1) is 6.54 Å². The summed E-state index contributed by atoms with van der Waals surface area (Å²) in [6.45, 7) is 8.62. The molecule has 0 saturated carbocycles. The summed E-state index contributed by atoms with van der Waals surface area (Å²) in [6.07, 6.45) is 2.73. The lowest BCUT2D eigenvalue weighted by Gasteiger charge is -2.32. The molecular weight excluding hydrogens is 339 g/mol. The monoisotopic (exact) mass is 370 g/mol. The van der Waals surface area contributed by atoms with E-state index in [1.165, 1.54) is 0 Å². The van der Waals surface area contributed by atoms with E-state index in [-0.39, 0.29) is 54.6 Å². The second-order valence-corrected chi connectivity index (χ2v) is 6.06. The van der Waals surface area contributed by atoms with E-state index in [4.69, 9.17) is 5.73 Å². The van der Waals surface area contributed by atoms with Crippen LogP contribution in [0.5, 0.6) is 0 Å². The van der Waals surface area contributed by atoms with Crippen LogP contribution >= 0.6 is 24.8 Å². The summed E-state index contributed by atoms with van der Waals surface area (Å²) >= 11 is 0. The molecule has 23 heavy (non-hydrogen) atoms. The Balaban J connectivity index is 0. The summed E-state index contributed by atoms with van der Waals surface area (Å²) in [6, 6.07) is 0.0704. The highest BCUT2D eigenvalue weighted by Crippen LogP contribution is 2.11. The maximum Gasteiger partial charge on any atom is 0.234 e. The summed E-state index contributed by atoms with van der Waals surface area (Å²) in [5, 5.41) is 5.95. The van der Waals surface area contributed by atoms with Crippen LogP contribution in [0.15, 0.2) is 0 Å². The SMILES string of the molecule is CCCNC(=O)CN1CCC(NC(=O)C(C)C(C)N)CC1.Cl.Cl. The number of likely N-dealkylation sites (tertiary alicyclic amines) is 1. The van der Waals surface area contributed by atoms with Gasteiger partial charge in [-0.15, -0.1) is 24.8 Å². The first-order chi connectivity index (χ1) is 9.93. The molecule has 2 amide bonds. The Morgan fingerprint density at radius 2 is 1.78 bits per heavy atom. The Kier molecular flexibility index (Phi) is 13.8. The van der Waals surface area contributed by atoms with Gasteiger partial charge >= 0.3 is 0 Å². The van der Waals surface area contributed by atoms with E-state index in [0.29, 0.717) is 6.54 Å². The minimum atomic E-state index is -0.164. The molecule has 1 fully saturated rings. The average Bonchev–Trinajstić information content (AvgIpc) is 2.46. The topological polar surface area (TPSA) is 87.5 Å². The van der Waals surface area contributed by atoms with Crippen LogP contribution < -0.4 is 16.4 Å². The normalized spacial score (nSPS) is 18.1. The van der Waals surface area contributed by atoms with Crippen molar-refractivity contribution < 1.29 is 9.59 Å². The van der Waals surface area contributed by atoms with Gasteiger partial charge in [-0.25, -0.2) is 0 Å². The molecule has 4 N–H and O–H groups in total. The van der Waals surface area contributed by atoms with Gasteiger partial charge in [-0.3, -0.25) is 14.5 Å². The van der Waals surface area contributed by atoms with E-state index in [1.54, 1.807) is 0 Å². The molecule has 138 valence electrons. The zero-order chi connectivity index (χ0) is 15.8. The van der Waals surface area contributed by atoms with Crippen molar-refractivity contribution in [2.45, 2.75) is 52.1 Å². The number of nitrogens with zero attached hydrogens (tertiary/aromatic N) is 1. The van der Waals surface area contributed by atoms with Gasteiger partial charge in [0.1, 0.15) is 0 Å². The smallest absolute Gasteiger partial charge is 0.234 e. The van der Waals surface area contributed by atoms with Crippen molar-refractivity contribution in [3.8, 4) is 0 Å². The van der Waals surface area contributed by atoms with Gasteiger partial charge < -0.3 is 16.4 Å². The van der Waals surface area contributed by atoms with Crippen LogP contribution in [0.1, 0.15) is 40.0 Å². The summed E-state index contributed by atoms with van der Waals surface area (Å²) < 4.78 is 0. The lowest BCUT2D eigenvalue weighted by atomic mass is 10.0. The van der Waals surface area contributed by atoms with Gasteiger partial charge in [0, 0.05) is 37.6 Å². The molecule has 0 radical (unpaired) electrons. The zero-order valence-electron chi connectivity index (χ0n) is 14.3. The first-order valence-corrected chi connectivity index (χ1v) is 7.99. The highest BCUT2D eigenvalue weighted by Gasteiger charge is 2.24. The molecule has 8 heteroatoms. The van der Waals surface area contributed by atoms with Gasteiger partial charge in [-0.05, 0) is 26.2 Å². The van der Waals surface area contributed by atoms with Crippen molar-refractivity contribution in [2.24, 2.45) is 11.7 Å². The van der Waals surface area contributed by atoms with Crippen LogP contribution in [0.25, 0.3) is 0 Å². The number of nitrogens with one attached hydrogen (secondary N) is 2. The number of hydrogen-bond donors (Lipinski definition) is 3. The third kappa shape index (κ3) is 9.35. The zero-order valence-corrected chi connectivity index (χ0v) is 16.0. The predicted molar refractivity (Wildman–Crippen MR) is 98.2 cm³/mol. The Morgan fingerprint density at radius 1 is 1.22 bits per heavy atom. The molecule has 0 aromatic carbocycles. The molecule has 1 aliphatic rings. The molecule has 6 nitrogen and oxygen atoms in total. The minimum Gasteiger partial charge on any atom is -0.355 e. The molecule has 0 aromatic heterocycles. The van der Waals surface area contributed by atoms with E-state index in [1.807, 2.05) is 20.8 Å². The number of halogens is 2. The fraction of sp³-hybridized carbons (Fsp3) is 0.867. The Morgan fingerprint density at radius 3 is 2.26 bits per heavy atom. The van der Waals surface area contributed by atoms with Crippen LogP contribution in [-0.4, -0.2) is 55.0 Å². The molecule has 0 aromatic rings. The first kappa shape index (κ1) is 24.7. The van der Waals surface area contributed by atoms with Crippen molar-refractivity contribution >= 4 is 36.6 Å². The number of piperidine rings is 1. The molecule has 1 rings (SSSR count). The van der Waals surface area contributed by atoms with E-state index < -0.39 is 0 Å². The molecule has 1 aliphatic heterocycles. The number of nitrogens with two attached hydrogens (primary N) is 1. The van der Waals surface area contributed by atoms with Crippen molar-refractivity contribution in [1.29, 1.82) is 0 Å². The van der Waals surface area contributed by atoms with E-state index in [0.717, 1.165) is 38.9 Å². The Labute approximate surface area is 152 Å². The van der Waals surface area contributed by atoms with E-state index in [9.17, 15) is 9.59 Å². The van der Waals surface area contributed by atoms with Crippen LogP contribution in [0.4, 0.5) is 0 Å². The quantitative estimate of drug-likeness (QED) is 0.621. The summed E-state index contributed by atoms with van der Waals surface area (Å²) in [5.41, 5.74) is 5.75. The van der Waals surface area contributed by atoms with E-state index >= 15 is 0 Å². The molecule has 1 saturated heterocycles. The highest BCUT2D eigenvalue weighted by molar-refractivity contribution is 5.85. The maximum atomic E-state index is 12.0. The molecule has 0 spiro atoms. The molecule has 2 atom stereocenters. The highest BCUT2D eigenvalue weighted by atomic mass is 35.5. The van der Waals surface area contributed by atoms with Crippen LogP contribution in [0.3, 0.4) is 0 Å². The fourth-order valence-corrected chi connectivity index (χ4v) is 2.33. The van der Waals surface area contributed by atoms with Gasteiger partial charge in [-0.1, -0.05) is 13.8 Å². The minimum absolute atomic E-state index is 0. The molecule has 0 aliphatic carbocycles. The standard InChI is InChI=1S/C15H30N4O2.2ClH/c1-4-7-17-14(20)10-19-8-5-13(6-9-19)18-15(21)11(2)12(3)16;;/h11-13H,4-10,16H2,1-3H3,(H,17,20)(H,18,21);2*1H. The van der Waals surface area contributed by atoms with Gasteiger partial charge in [0.15, 0.2) is 0 Å².